The largest absolute Gasteiger partial charge is 0.481 e. The Bertz CT molecular complexity index is 6390. The van der Waals surface area contributed by atoms with Gasteiger partial charge in [-0.1, -0.05) is 72.8 Å². The third-order valence-electron chi connectivity index (χ3n) is 19.1. The van der Waals surface area contributed by atoms with Gasteiger partial charge in [0.05, 0.1) is 33.0 Å². The maximum atomic E-state index is 13.8. The number of ether oxygens (including phenoxy) is 4. The zero-order chi connectivity index (χ0) is 99.5. The van der Waals surface area contributed by atoms with Crippen LogP contribution in [0.15, 0.2) is 191 Å². The van der Waals surface area contributed by atoms with Gasteiger partial charge >= 0.3 is 85.3 Å². The molecule has 67 heteroatoms. The molecule has 4 aliphatic rings. The lowest BCUT2D eigenvalue weighted by Gasteiger charge is -2.19. The van der Waals surface area contributed by atoms with Crippen LogP contribution in [0.1, 0.15) is 47.2 Å². The van der Waals surface area contributed by atoms with Crippen LogP contribution in [0.3, 0.4) is 0 Å². The molecule has 4 saturated heterocycles. The van der Waals surface area contributed by atoms with Crippen LogP contribution in [0.2, 0.25) is 0 Å². The quantitative estimate of drug-likeness (QED) is 0.0172. The molecule has 20 atom stereocenters. The Morgan fingerprint density at radius 2 is 0.582 bits per heavy atom. The predicted molar refractivity (Wildman–Crippen MR) is 435 cm³/mol. The van der Waals surface area contributed by atoms with Gasteiger partial charge in [-0.2, -0.15) is 17.2 Å². The van der Waals surface area contributed by atoms with Crippen LogP contribution in [0, 0.1) is 17.5 Å². The number of phosphoric ester groups is 4. The van der Waals surface area contributed by atoms with E-state index in [9.17, 15) is 148 Å². The molecule has 0 bridgehead atoms. The molecule has 12 rings (SSSR count). The number of hydrogen-bond donors (Lipinski definition) is 20. The van der Waals surface area contributed by atoms with E-state index >= 15 is 0 Å². The lowest BCUT2D eigenvalue weighted by molar-refractivity contribution is -0.0548. The zero-order valence-electron chi connectivity index (χ0n) is 67.6. The molecule has 0 radical (unpaired) electrons. The van der Waals surface area contributed by atoms with Gasteiger partial charge in [0, 0.05) is 68.7 Å². The fraction of sp³-hybridized carbons (Fsp3) is 0.403. The van der Waals surface area contributed by atoms with Crippen molar-refractivity contribution in [3.63, 3.8) is 0 Å². The summed E-state index contributed by atoms with van der Waals surface area (Å²) < 4.78 is 189. The minimum absolute atomic E-state index is 0.00432. The van der Waals surface area contributed by atoms with Crippen molar-refractivity contribution in [3.05, 3.63) is 275 Å². The molecule has 4 aromatic carbocycles. The standard InChI is InChI=1S/3C17H21FN2O12P2.C16H20N2O12P2/c18-11-3-1-10(2-4-11)5-7-19-13(21)6-8-20(17(19)24)16-15(23)14(22)12(31-16)9-30-34(28,29)32-33(25,26)27;18-11-3-1-2-10(8-11)4-6-19-13(21)5-7-20(17(19)24)16-15(23)14(22)12(31-16)9-30-34(28,29)32-33(25,26)27;18-11-4-2-1-3-10(11)5-7-19-13(21)6-8-20(17(19)24)16-15(23)14(22)12(31-16)9-30-34(28,29)32-33(25,26)27;19-12-6-7-17(16(22)18(12)8-10-4-2-1-3-5-10)15-14(21)13(20)11(29-15)9-28-32(26,27)30-31(23,24)25/h1-4,6,8,12,14-16,22-23H,5,7,9H2,(H,28,29)(H2,25,26,27);1-3,5,7-8,12,14-16,22-23H,4,6,9H2,(H,28,29)(H2,25,26,27);1-4,6,8,12,14-16,22-23H,5,7,9H2,(H,28,29)(H2,25,26,27);1-7,11,13-15,20-21H,8-9H2,(H,26,27)(H2,23,24,25)/t3*12-,14?,15+,16-;11-,13?,14+,15-/m1111/s1. The Balaban J connectivity index is 0.000000201. The van der Waals surface area contributed by atoms with Gasteiger partial charge in [-0.25, -0.2) is 68.9 Å². The van der Waals surface area contributed by atoms with Gasteiger partial charge in [0.25, 0.3) is 22.2 Å². The topological polar surface area (TPSA) is 828 Å². The van der Waals surface area contributed by atoms with E-state index < -0.39 is 250 Å². The van der Waals surface area contributed by atoms with E-state index in [-0.39, 0.29) is 51.0 Å². The van der Waals surface area contributed by atoms with E-state index in [1.54, 1.807) is 42.5 Å². The van der Waals surface area contributed by atoms with Gasteiger partial charge in [0.15, 0.2) is 24.9 Å². The summed E-state index contributed by atoms with van der Waals surface area (Å²) in [4.78, 5) is 206. The lowest BCUT2D eigenvalue weighted by atomic mass is 10.1. The van der Waals surface area contributed by atoms with E-state index in [1.807, 2.05) is 0 Å². The van der Waals surface area contributed by atoms with Gasteiger partial charge in [0.1, 0.15) is 90.7 Å². The first-order valence-electron chi connectivity index (χ1n) is 37.8. The molecule has 8 heterocycles. The number of aliphatic hydroxyl groups excluding tert-OH is 8. The Morgan fingerprint density at radius 3 is 0.896 bits per heavy atom. The third kappa shape index (κ3) is 31.0. The summed E-state index contributed by atoms with van der Waals surface area (Å²) in [5, 5.41) is 81.9. The van der Waals surface area contributed by atoms with Crippen LogP contribution in [0.25, 0.3) is 0 Å². The number of rotatable bonds is 35. The molecule has 20 N–H and O–H groups in total. The molecule has 0 spiro atoms. The Kier molecular flexibility index (Phi) is 37.4. The van der Waals surface area contributed by atoms with Crippen LogP contribution in [0.4, 0.5) is 13.2 Å². The minimum Gasteiger partial charge on any atom is -0.387 e. The SMILES string of the molecule is O=c1ccn([C@@H]2O[C@H](COP(=O)(O)OP(=O)(O)O)C(O)[C@@H]2O)c(=O)n1CCc1ccc(F)cc1.O=c1ccn([C@@H]2O[C@H](COP(=O)(O)OP(=O)(O)O)C(O)[C@@H]2O)c(=O)n1CCc1cccc(F)c1.O=c1ccn([C@@H]2O[C@H](COP(=O)(O)OP(=O)(O)O)C(O)[C@@H]2O)c(=O)n1CCc1ccccc1F.O=c1ccn([C@@H]2O[C@H](COP(=O)(O)OP(=O)(O)O)C(O)[C@@H]2O)c(=O)n1Cc1ccccc1. The molecular formula is C67H83F3N8O48P8. The highest BCUT2D eigenvalue weighted by Gasteiger charge is 2.51. The average molecular weight is 2070 g/mol. The van der Waals surface area contributed by atoms with E-state index in [0.717, 1.165) is 85.6 Å². The van der Waals surface area contributed by atoms with Crippen molar-refractivity contribution >= 4 is 62.6 Å². The van der Waals surface area contributed by atoms with Crippen molar-refractivity contribution in [2.75, 3.05) is 26.4 Å². The summed E-state index contributed by atoms with van der Waals surface area (Å²) in [6.07, 6.45) is -21.6. The molecule has 4 aromatic heterocycles. The molecule has 4 fully saturated rings. The van der Waals surface area contributed by atoms with Gasteiger partial charge in [-0.3, -0.25) is 73.8 Å². The summed E-state index contributed by atoms with van der Waals surface area (Å²) in [5.41, 5.74) is -4.17. The van der Waals surface area contributed by atoms with Crippen LogP contribution in [-0.4, -0.2) is 236 Å². The van der Waals surface area contributed by atoms with Crippen molar-refractivity contribution in [1.29, 1.82) is 0 Å². The Hall–Kier alpha value is -8.05. The first-order valence-corrected chi connectivity index (χ1v) is 49.9. The zero-order valence-corrected chi connectivity index (χ0v) is 74.8. The third-order valence-corrected chi connectivity index (χ3v) is 27.7. The number of benzene rings is 4. The lowest BCUT2D eigenvalue weighted by Crippen LogP contribution is -2.43. The van der Waals surface area contributed by atoms with Crippen molar-refractivity contribution in [1.82, 2.24) is 36.5 Å². The van der Waals surface area contributed by atoms with E-state index in [0.29, 0.717) is 16.7 Å². The number of halogens is 3. The maximum absolute atomic E-state index is 13.8. The minimum atomic E-state index is -5.38. The number of aliphatic hydroxyl groups is 8. The van der Waals surface area contributed by atoms with Crippen molar-refractivity contribution in [2.24, 2.45) is 0 Å². The van der Waals surface area contributed by atoms with Crippen LogP contribution < -0.4 is 45.0 Å². The second-order valence-corrected chi connectivity index (χ2v) is 39.8. The molecule has 8 aromatic rings. The monoisotopic (exact) mass is 2070 g/mol. The Labute approximate surface area is 745 Å². The summed E-state index contributed by atoms with van der Waals surface area (Å²) in [6.45, 7) is -4.25. The predicted octanol–water partition coefficient (Wildman–Crippen LogP) is -3.38. The van der Waals surface area contributed by atoms with Crippen LogP contribution in [-0.2, 0) is 136 Å². The first kappa shape index (κ1) is 110. The number of hydrogen-bond acceptors (Lipinski definition) is 36. The Morgan fingerprint density at radius 1 is 0.299 bits per heavy atom. The van der Waals surface area contributed by atoms with E-state index in [1.165, 1.54) is 60.7 Å². The van der Waals surface area contributed by atoms with Crippen molar-refractivity contribution in [3.8, 4) is 0 Å². The maximum Gasteiger partial charge on any atom is 0.481 e. The molecule has 4 aliphatic heterocycles. The number of nitrogens with zero attached hydrogens (tertiary/aromatic N) is 8. The molecule has 56 nitrogen and oxygen atoms in total. The molecule has 8 unspecified atom stereocenters. The fourth-order valence-electron chi connectivity index (χ4n) is 12.9. The number of aryl methyl sites for hydroxylation is 3. The molecule has 134 heavy (non-hydrogen) atoms. The highest BCUT2D eigenvalue weighted by Crippen LogP contribution is 2.61. The molecule has 0 saturated carbocycles. The van der Waals surface area contributed by atoms with Crippen molar-refractivity contribution < 1.29 is 204 Å². The van der Waals surface area contributed by atoms with Crippen molar-refractivity contribution in [2.45, 2.75) is 144 Å². The summed E-state index contributed by atoms with van der Waals surface area (Å²) in [5.74, 6) is -1.45. The van der Waals surface area contributed by atoms with Gasteiger partial charge in [0.2, 0.25) is 0 Å². The second-order valence-electron chi connectivity index (χ2n) is 28.5. The number of phosphoric acid groups is 8. The fourth-order valence-corrected chi connectivity index (χ4v) is 19.3. The number of aromatic nitrogens is 8. The average Bonchev–Trinajstić information content (AvgIpc) is 1.64. The van der Waals surface area contributed by atoms with Crippen LogP contribution >= 0.6 is 62.6 Å². The first-order chi connectivity index (χ1) is 62.2. The normalized spacial score (nSPS) is 24.9. The smallest absolute Gasteiger partial charge is 0.387 e. The molecule has 740 valence electrons. The summed E-state index contributed by atoms with van der Waals surface area (Å²) in [6, 6.07) is 29.5. The van der Waals surface area contributed by atoms with Gasteiger partial charge < -0.3 is 119 Å². The molecule has 0 amide bonds. The van der Waals surface area contributed by atoms with Gasteiger partial charge in [-0.05, 0) is 71.8 Å². The second kappa shape index (κ2) is 45.7. The summed E-state index contributed by atoms with van der Waals surface area (Å²) >= 11 is 0. The highest BCUT2D eigenvalue weighted by molar-refractivity contribution is 7.62. The molecule has 0 aliphatic carbocycles. The van der Waals surface area contributed by atoms with Crippen LogP contribution in [0.5, 0.6) is 0 Å². The summed E-state index contributed by atoms with van der Waals surface area (Å²) in [7, 11) is -42.4. The highest BCUT2D eigenvalue weighted by atomic mass is 31.3. The van der Waals surface area contributed by atoms with E-state index in [2.05, 4.69) is 35.3 Å². The van der Waals surface area contributed by atoms with E-state index in [4.69, 9.17) is 58.1 Å². The molecular weight excluding hydrogens is 1990 g/mol. The van der Waals surface area contributed by atoms with Gasteiger partial charge in [-0.15, -0.1) is 0 Å².